The summed E-state index contributed by atoms with van der Waals surface area (Å²) in [6.07, 6.45) is 9.76. The first kappa shape index (κ1) is 27.3. The fourth-order valence-corrected chi connectivity index (χ4v) is 6.59. The summed E-state index contributed by atoms with van der Waals surface area (Å²) in [5.41, 5.74) is 5.91. The minimum Gasteiger partial charge on any atom is -0.463 e. The number of fused-ring (bicyclic) bond motifs is 2. The van der Waals surface area contributed by atoms with Crippen molar-refractivity contribution in [2.24, 2.45) is 5.41 Å². The quantitative estimate of drug-likeness (QED) is 0.422. The summed E-state index contributed by atoms with van der Waals surface area (Å²) in [7, 11) is 4.24. The summed E-state index contributed by atoms with van der Waals surface area (Å²) < 4.78 is 6.41. The largest absolute Gasteiger partial charge is 0.463 e. The number of benzene rings is 1. The third-order valence-corrected chi connectivity index (χ3v) is 8.75. The number of hydrogen-bond acceptors (Lipinski definition) is 9. The number of aromatic nitrogens is 4. The highest BCUT2D eigenvalue weighted by molar-refractivity contribution is 5.93. The van der Waals surface area contributed by atoms with E-state index in [1.807, 2.05) is 13.1 Å². The minimum atomic E-state index is 0.121. The van der Waals surface area contributed by atoms with Gasteiger partial charge in [-0.2, -0.15) is 20.3 Å². The van der Waals surface area contributed by atoms with Crippen molar-refractivity contribution in [3.8, 4) is 12.1 Å². The van der Waals surface area contributed by atoms with E-state index in [2.05, 4.69) is 81.3 Å². The Labute approximate surface area is 242 Å². The van der Waals surface area contributed by atoms with Gasteiger partial charge in [0.2, 0.25) is 0 Å². The highest BCUT2D eigenvalue weighted by Gasteiger charge is 2.44. The van der Waals surface area contributed by atoms with Crippen molar-refractivity contribution in [2.75, 3.05) is 63.2 Å². The molecule has 4 heterocycles. The first-order chi connectivity index (χ1) is 19.9. The number of hydrogen-bond donors (Lipinski definition) is 1. The molecule has 41 heavy (non-hydrogen) atoms. The molecule has 216 valence electrons. The number of anilines is 2. The van der Waals surface area contributed by atoms with Crippen LogP contribution in [-0.4, -0.2) is 89.4 Å². The predicted octanol–water partition coefficient (Wildman–Crippen LogP) is 3.88. The summed E-state index contributed by atoms with van der Waals surface area (Å²) in [5.74, 6) is 0.975. The molecule has 1 unspecified atom stereocenters. The molecule has 3 aromatic rings. The van der Waals surface area contributed by atoms with Gasteiger partial charge in [0.25, 0.3) is 0 Å². The smallest absolute Gasteiger partial charge is 0.318 e. The average molecular weight is 556 g/mol. The molecule has 0 amide bonds. The Hall–Kier alpha value is -3.84. The van der Waals surface area contributed by atoms with Gasteiger partial charge >= 0.3 is 6.01 Å². The summed E-state index contributed by atoms with van der Waals surface area (Å²) >= 11 is 0. The third-order valence-electron chi connectivity index (χ3n) is 8.75. The predicted molar refractivity (Wildman–Crippen MR) is 161 cm³/mol. The summed E-state index contributed by atoms with van der Waals surface area (Å²) in [4.78, 5) is 19.4. The van der Waals surface area contributed by atoms with E-state index in [1.54, 1.807) is 0 Å². The van der Waals surface area contributed by atoms with Gasteiger partial charge < -0.3 is 24.3 Å². The lowest BCUT2D eigenvalue weighted by atomic mass is 10.0. The standard InChI is InChI=1S/C31H41N9O/c1-5-13-38-15-16-40(18-23(38)8-12-32)29-24-9-14-39(28-22(2)6-7-26-25(28)17-33-36-26)19-27(24)34-30(35-29)41-21-31(10-11-31)20-37(3)4/h5-7,13,17,23H,8-11,14-16,18-21H2,1-4H3,(H,33,36). The van der Waals surface area contributed by atoms with E-state index in [0.717, 1.165) is 61.6 Å². The number of piperazine rings is 1. The van der Waals surface area contributed by atoms with Crippen LogP contribution in [0.5, 0.6) is 6.01 Å². The average Bonchev–Trinajstić information content (AvgIpc) is 3.54. The zero-order valence-electron chi connectivity index (χ0n) is 24.7. The number of H-pyrrole nitrogens is 1. The van der Waals surface area contributed by atoms with Crippen molar-refractivity contribution in [1.29, 1.82) is 5.26 Å². The van der Waals surface area contributed by atoms with Gasteiger partial charge in [0.1, 0.15) is 5.82 Å². The van der Waals surface area contributed by atoms with Crippen LogP contribution in [-0.2, 0) is 13.0 Å². The monoisotopic (exact) mass is 555 g/mol. The molecular formula is C31H41N9O. The van der Waals surface area contributed by atoms with Gasteiger partial charge in [0.15, 0.2) is 0 Å². The number of aromatic amines is 1. The lowest BCUT2D eigenvalue weighted by Crippen LogP contribution is -2.51. The molecule has 1 aromatic carbocycles. The molecule has 0 spiro atoms. The summed E-state index contributed by atoms with van der Waals surface area (Å²) in [5, 5.41) is 18.1. The Morgan fingerprint density at radius 3 is 2.80 bits per heavy atom. The molecular weight excluding hydrogens is 514 g/mol. The molecule has 0 bridgehead atoms. The molecule has 3 aliphatic rings. The molecule has 1 atom stereocenters. The maximum Gasteiger partial charge on any atom is 0.318 e. The van der Waals surface area contributed by atoms with Crippen LogP contribution < -0.4 is 14.5 Å². The minimum absolute atomic E-state index is 0.121. The van der Waals surface area contributed by atoms with E-state index < -0.39 is 0 Å². The Kier molecular flexibility index (Phi) is 7.47. The van der Waals surface area contributed by atoms with Crippen LogP contribution in [0.3, 0.4) is 0 Å². The van der Waals surface area contributed by atoms with Gasteiger partial charge in [-0.05, 0) is 65.0 Å². The van der Waals surface area contributed by atoms with E-state index in [-0.39, 0.29) is 11.5 Å². The highest BCUT2D eigenvalue weighted by Crippen LogP contribution is 2.46. The molecule has 2 aromatic heterocycles. The van der Waals surface area contributed by atoms with E-state index in [9.17, 15) is 5.26 Å². The number of ether oxygens (including phenoxy) is 1. The van der Waals surface area contributed by atoms with Crippen LogP contribution in [0.2, 0.25) is 0 Å². The molecule has 10 heteroatoms. The van der Waals surface area contributed by atoms with Crippen molar-refractivity contribution in [3.63, 3.8) is 0 Å². The van der Waals surface area contributed by atoms with Crippen LogP contribution in [0.4, 0.5) is 11.5 Å². The normalized spacial score (nSPS) is 20.1. The highest BCUT2D eigenvalue weighted by atomic mass is 16.5. The van der Waals surface area contributed by atoms with Crippen molar-refractivity contribution in [1.82, 2.24) is 30.0 Å². The molecule has 0 radical (unpaired) electrons. The van der Waals surface area contributed by atoms with Gasteiger partial charge in [-0.15, -0.1) is 0 Å². The zero-order valence-corrected chi connectivity index (χ0v) is 24.7. The Morgan fingerprint density at radius 1 is 1.20 bits per heavy atom. The summed E-state index contributed by atoms with van der Waals surface area (Å²) in [6, 6.07) is 7.24. The molecule has 6 rings (SSSR count). The van der Waals surface area contributed by atoms with E-state index in [0.29, 0.717) is 25.6 Å². The van der Waals surface area contributed by atoms with Gasteiger partial charge in [-0.1, -0.05) is 12.1 Å². The Bertz CT molecular complexity index is 1470. The second-order valence-electron chi connectivity index (χ2n) is 12.2. The number of nitriles is 1. The van der Waals surface area contributed by atoms with Crippen molar-refractivity contribution in [3.05, 3.63) is 47.4 Å². The number of rotatable bonds is 9. The molecule has 1 N–H and O–H groups in total. The van der Waals surface area contributed by atoms with Crippen molar-refractivity contribution < 1.29 is 4.74 Å². The van der Waals surface area contributed by atoms with Gasteiger partial charge in [0, 0.05) is 49.1 Å². The number of allylic oxidation sites excluding steroid dienone is 1. The van der Waals surface area contributed by atoms with Crippen LogP contribution in [0.25, 0.3) is 10.9 Å². The van der Waals surface area contributed by atoms with Crippen LogP contribution in [0.1, 0.15) is 43.0 Å². The molecule has 1 aliphatic carbocycles. The number of aryl methyl sites for hydroxylation is 1. The van der Waals surface area contributed by atoms with E-state index >= 15 is 0 Å². The second-order valence-corrected chi connectivity index (χ2v) is 12.2. The van der Waals surface area contributed by atoms with Crippen molar-refractivity contribution in [2.45, 2.75) is 52.1 Å². The molecule has 10 nitrogen and oxygen atoms in total. The van der Waals surface area contributed by atoms with Crippen LogP contribution >= 0.6 is 0 Å². The second kappa shape index (κ2) is 11.2. The van der Waals surface area contributed by atoms with Crippen LogP contribution in [0, 0.1) is 23.7 Å². The molecule has 2 aliphatic heterocycles. The topological polar surface area (TPSA) is 100 Å². The number of nitrogens with one attached hydrogen (secondary N) is 1. The maximum atomic E-state index is 9.55. The summed E-state index contributed by atoms with van der Waals surface area (Å²) in [6.45, 7) is 9.85. The molecule has 1 saturated carbocycles. The van der Waals surface area contributed by atoms with Crippen molar-refractivity contribution >= 4 is 22.4 Å². The van der Waals surface area contributed by atoms with Gasteiger partial charge in [-0.3, -0.25) is 5.10 Å². The first-order valence-corrected chi connectivity index (χ1v) is 14.7. The maximum absolute atomic E-state index is 9.55. The van der Waals surface area contributed by atoms with Gasteiger partial charge in [-0.25, -0.2) is 0 Å². The van der Waals surface area contributed by atoms with Crippen LogP contribution in [0.15, 0.2) is 30.6 Å². The molecule has 2 fully saturated rings. The lowest BCUT2D eigenvalue weighted by Gasteiger charge is -2.42. The Morgan fingerprint density at radius 2 is 2.05 bits per heavy atom. The zero-order chi connectivity index (χ0) is 28.6. The lowest BCUT2D eigenvalue weighted by molar-refractivity contribution is 0.182. The van der Waals surface area contributed by atoms with Gasteiger partial charge in [0.05, 0.1) is 54.8 Å². The first-order valence-electron chi connectivity index (χ1n) is 14.7. The SMILES string of the molecule is CC=CN1CCN(c2nc(OCC3(CN(C)C)CC3)nc3c2CCN(c2c(C)ccc4[nH]ncc24)C3)CC1CC#N. The fourth-order valence-electron chi connectivity index (χ4n) is 6.59. The Balaban J connectivity index is 1.33. The fraction of sp³-hybridized carbons (Fsp3) is 0.548. The molecule has 1 saturated heterocycles. The number of nitrogens with zero attached hydrogens (tertiary/aromatic N) is 8. The third kappa shape index (κ3) is 5.55. The van der Waals surface area contributed by atoms with E-state index in [4.69, 9.17) is 14.7 Å². The van der Waals surface area contributed by atoms with E-state index in [1.165, 1.54) is 29.7 Å².